The van der Waals surface area contributed by atoms with Crippen LogP contribution in [0.2, 0.25) is 0 Å². The van der Waals surface area contributed by atoms with Crippen molar-refractivity contribution in [3.63, 3.8) is 0 Å². The smallest absolute Gasteiger partial charge is 0.305 e. The lowest BCUT2D eigenvalue weighted by Gasteiger charge is -2.19. The molecule has 6 heteroatoms. The Morgan fingerprint density at radius 1 is 0.444 bits per heavy atom. The fourth-order valence-corrected chi connectivity index (χ4v) is 8.39. The summed E-state index contributed by atoms with van der Waals surface area (Å²) in [7, 11) is 0. The van der Waals surface area contributed by atoms with Gasteiger partial charge in [0.2, 0.25) is 5.91 Å². The lowest BCUT2D eigenvalue weighted by Crippen LogP contribution is -2.45. The van der Waals surface area contributed by atoms with Gasteiger partial charge >= 0.3 is 5.97 Å². The molecule has 0 aliphatic rings. The second kappa shape index (κ2) is 52.7. The summed E-state index contributed by atoms with van der Waals surface area (Å²) in [6, 6.07) is -0.671. The molecule has 0 rings (SSSR count). The van der Waals surface area contributed by atoms with Crippen LogP contribution in [0.25, 0.3) is 0 Å². The fourth-order valence-electron chi connectivity index (χ4n) is 8.39. The second-order valence-electron chi connectivity index (χ2n) is 18.9. The summed E-state index contributed by atoms with van der Waals surface area (Å²) in [6.07, 6.45) is 64.6. The first-order chi connectivity index (χ1) is 31.0. The standard InChI is InChI=1S/C57H107NO5/c1-3-5-7-9-11-13-15-17-19-20-21-22-23-27-31-35-39-43-47-51-57(62)63-52-48-44-40-36-32-28-24-26-30-34-38-42-46-50-56(61)58-54(53-59)55(60)49-45-41-37-33-29-25-18-16-14-12-10-8-6-4-2/h26,30,38,42,45,49,54-55,59-60H,3-25,27-29,31-37,39-41,43-44,46-48,50-53H2,1-2H3,(H,58,61)/b30-26-,42-38-,49-45+. The molecule has 1 amide bonds. The van der Waals surface area contributed by atoms with Gasteiger partial charge < -0.3 is 20.3 Å². The number of unbranched alkanes of at least 4 members (excludes halogenated alkanes) is 36. The van der Waals surface area contributed by atoms with E-state index in [9.17, 15) is 19.8 Å². The number of amides is 1. The third-order valence-electron chi connectivity index (χ3n) is 12.7. The normalized spacial score (nSPS) is 12.9. The number of rotatable bonds is 51. The molecular formula is C57H107NO5. The Labute approximate surface area is 392 Å². The van der Waals surface area contributed by atoms with Crippen molar-refractivity contribution in [1.82, 2.24) is 5.32 Å². The maximum absolute atomic E-state index is 12.4. The monoisotopic (exact) mass is 886 g/mol. The highest BCUT2D eigenvalue weighted by Crippen LogP contribution is 2.16. The van der Waals surface area contributed by atoms with Crippen molar-refractivity contribution in [1.29, 1.82) is 0 Å². The van der Waals surface area contributed by atoms with Gasteiger partial charge in [-0.15, -0.1) is 0 Å². The highest BCUT2D eigenvalue weighted by Gasteiger charge is 2.17. The average Bonchev–Trinajstić information content (AvgIpc) is 3.28. The van der Waals surface area contributed by atoms with Crippen LogP contribution in [0.3, 0.4) is 0 Å². The maximum Gasteiger partial charge on any atom is 0.305 e. The first-order valence-electron chi connectivity index (χ1n) is 27.8. The largest absolute Gasteiger partial charge is 0.466 e. The third kappa shape index (κ3) is 49.4. The van der Waals surface area contributed by atoms with Crippen molar-refractivity contribution in [3.05, 3.63) is 36.5 Å². The molecule has 0 aromatic carbocycles. The molecule has 2 atom stereocenters. The van der Waals surface area contributed by atoms with Crippen molar-refractivity contribution >= 4 is 11.9 Å². The predicted molar refractivity (Wildman–Crippen MR) is 273 cm³/mol. The number of esters is 1. The number of carbonyl (C=O) groups excluding carboxylic acids is 2. The molecule has 0 spiro atoms. The van der Waals surface area contributed by atoms with Crippen molar-refractivity contribution in [3.8, 4) is 0 Å². The number of nitrogens with one attached hydrogen (secondary N) is 1. The molecule has 2 unspecified atom stereocenters. The molecule has 0 aromatic heterocycles. The molecule has 0 aliphatic carbocycles. The SMILES string of the molecule is CCCCCCCCCCCCCC/C=C/C(O)C(CO)NC(=O)CC/C=C\C/C=C\CCCCCCCCOC(=O)CCCCCCCCCCCCCCCCCCCCC. The lowest BCUT2D eigenvalue weighted by atomic mass is 10.0. The van der Waals surface area contributed by atoms with Crippen LogP contribution in [0.5, 0.6) is 0 Å². The number of aliphatic hydroxyl groups is 2. The van der Waals surface area contributed by atoms with Crippen LogP contribution in [0, 0.1) is 0 Å². The van der Waals surface area contributed by atoms with Gasteiger partial charge in [-0.2, -0.15) is 0 Å². The average molecular weight is 886 g/mol. The van der Waals surface area contributed by atoms with Crippen LogP contribution in [0.1, 0.15) is 290 Å². The lowest BCUT2D eigenvalue weighted by molar-refractivity contribution is -0.143. The molecule has 3 N–H and O–H groups in total. The van der Waals surface area contributed by atoms with Crippen LogP contribution in [-0.2, 0) is 14.3 Å². The molecule has 0 fully saturated rings. The van der Waals surface area contributed by atoms with Gasteiger partial charge in [-0.3, -0.25) is 9.59 Å². The van der Waals surface area contributed by atoms with Crippen molar-refractivity contribution in [2.45, 2.75) is 302 Å². The first kappa shape index (κ1) is 61.1. The number of carbonyl (C=O) groups is 2. The van der Waals surface area contributed by atoms with E-state index in [0.29, 0.717) is 25.9 Å². The van der Waals surface area contributed by atoms with Gasteiger partial charge in [0, 0.05) is 12.8 Å². The number of hydrogen-bond acceptors (Lipinski definition) is 5. The topological polar surface area (TPSA) is 95.9 Å². The van der Waals surface area contributed by atoms with Crippen molar-refractivity contribution in [2.75, 3.05) is 13.2 Å². The zero-order valence-corrected chi connectivity index (χ0v) is 42.1. The molecule has 0 saturated heterocycles. The predicted octanol–water partition coefficient (Wildman–Crippen LogP) is 16.9. The maximum atomic E-state index is 12.4. The Balaban J connectivity index is 3.53. The summed E-state index contributed by atoms with van der Waals surface area (Å²) in [5.41, 5.74) is 0. The molecule has 0 heterocycles. The zero-order chi connectivity index (χ0) is 45.8. The third-order valence-corrected chi connectivity index (χ3v) is 12.7. The highest BCUT2D eigenvalue weighted by atomic mass is 16.5. The van der Waals surface area contributed by atoms with Crippen LogP contribution in [-0.4, -0.2) is 47.4 Å². The minimum atomic E-state index is -0.878. The molecule has 0 aromatic rings. The van der Waals surface area contributed by atoms with Crippen molar-refractivity contribution in [2.24, 2.45) is 0 Å². The quantitative estimate of drug-likeness (QED) is 0.0321. The zero-order valence-electron chi connectivity index (χ0n) is 42.1. The van der Waals surface area contributed by atoms with E-state index in [0.717, 1.165) is 51.4 Å². The van der Waals surface area contributed by atoms with Gasteiger partial charge in [-0.25, -0.2) is 0 Å². The summed E-state index contributed by atoms with van der Waals surface area (Å²) in [6.45, 7) is 4.84. The minimum Gasteiger partial charge on any atom is -0.466 e. The molecule has 0 aliphatic heterocycles. The van der Waals surface area contributed by atoms with E-state index in [4.69, 9.17) is 4.74 Å². The number of ether oxygens (including phenoxy) is 1. The van der Waals surface area contributed by atoms with Crippen LogP contribution >= 0.6 is 0 Å². The van der Waals surface area contributed by atoms with Crippen molar-refractivity contribution < 1.29 is 24.5 Å². The van der Waals surface area contributed by atoms with Gasteiger partial charge in [-0.05, 0) is 51.4 Å². The Morgan fingerprint density at radius 3 is 1.24 bits per heavy atom. The van der Waals surface area contributed by atoms with Crippen LogP contribution in [0.15, 0.2) is 36.5 Å². The molecule has 0 bridgehead atoms. The van der Waals surface area contributed by atoms with E-state index in [1.165, 1.54) is 205 Å². The summed E-state index contributed by atoms with van der Waals surface area (Å²) < 4.78 is 5.47. The van der Waals surface area contributed by atoms with E-state index < -0.39 is 12.1 Å². The summed E-state index contributed by atoms with van der Waals surface area (Å²) in [4.78, 5) is 24.5. The highest BCUT2D eigenvalue weighted by molar-refractivity contribution is 5.76. The summed E-state index contributed by atoms with van der Waals surface area (Å²) in [5.74, 6) is -0.162. The van der Waals surface area contributed by atoms with Crippen LogP contribution < -0.4 is 5.32 Å². The van der Waals surface area contributed by atoms with Crippen LogP contribution in [0.4, 0.5) is 0 Å². The van der Waals surface area contributed by atoms with Gasteiger partial charge in [0.1, 0.15) is 0 Å². The summed E-state index contributed by atoms with van der Waals surface area (Å²) >= 11 is 0. The van der Waals surface area contributed by atoms with E-state index in [1.807, 2.05) is 12.2 Å². The fraction of sp³-hybridized carbons (Fsp3) is 0.860. The minimum absolute atomic E-state index is 0.0141. The molecule has 0 saturated carbocycles. The van der Waals surface area contributed by atoms with E-state index >= 15 is 0 Å². The molecule has 370 valence electrons. The molecule has 63 heavy (non-hydrogen) atoms. The van der Waals surface area contributed by atoms with Gasteiger partial charge in [0.15, 0.2) is 0 Å². The molecular weight excluding hydrogens is 779 g/mol. The first-order valence-corrected chi connectivity index (χ1v) is 27.8. The van der Waals surface area contributed by atoms with E-state index in [1.54, 1.807) is 6.08 Å². The Bertz CT molecular complexity index is 1020. The van der Waals surface area contributed by atoms with E-state index in [-0.39, 0.29) is 18.5 Å². The second-order valence-corrected chi connectivity index (χ2v) is 18.9. The Hall–Kier alpha value is -1.92. The Morgan fingerprint density at radius 2 is 0.810 bits per heavy atom. The number of allylic oxidation sites excluding steroid dienone is 5. The van der Waals surface area contributed by atoms with Gasteiger partial charge in [0.25, 0.3) is 0 Å². The summed E-state index contributed by atoms with van der Waals surface area (Å²) in [5, 5.41) is 23.0. The molecule has 6 nitrogen and oxygen atoms in total. The van der Waals surface area contributed by atoms with Gasteiger partial charge in [0.05, 0.1) is 25.4 Å². The molecule has 0 radical (unpaired) electrons. The van der Waals surface area contributed by atoms with Gasteiger partial charge in [-0.1, -0.05) is 262 Å². The van der Waals surface area contributed by atoms with E-state index in [2.05, 4.69) is 37.4 Å². The number of hydrogen-bond donors (Lipinski definition) is 3. The Kier molecular flexibility index (Phi) is 51.1. The number of aliphatic hydroxyl groups excluding tert-OH is 2.